The highest BCUT2D eigenvalue weighted by Gasteiger charge is 2.18. The predicted molar refractivity (Wildman–Crippen MR) is 87.9 cm³/mol. The fraction of sp³-hybridized carbons (Fsp3) is 0.133. The van der Waals surface area contributed by atoms with Gasteiger partial charge in [-0.3, -0.25) is 4.79 Å². The van der Waals surface area contributed by atoms with Crippen LogP contribution in [0.3, 0.4) is 0 Å². The van der Waals surface area contributed by atoms with Crippen molar-refractivity contribution in [2.45, 2.75) is 6.92 Å². The topological polar surface area (TPSA) is 46.3 Å². The lowest BCUT2D eigenvalue weighted by Gasteiger charge is -2.20. The van der Waals surface area contributed by atoms with Gasteiger partial charge < -0.3 is 10.6 Å². The van der Waals surface area contributed by atoms with Gasteiger partial charge in [0.05, 0.1) is 4.88 Å². The molecular formula is C15H14N2OS2. The highest BCUT2D eigenvalue weighted by Crippen LogP contribution is 2.31. The number of nitrogen functional groups attached to an aromatic ring is 1. The fourth-order valence-electron chi connectivity index (χ4n) is 2.10. The first kappa shape index (κ1) is 13.1. The minimum Gasteiger partial charge on any atom is -0.399 e. The molecule has 2 aromatic heterocycles. The lowest BCUT2D eigenvalue weighted by atomic mass is 10.2. The Balaban J connectivity index is 1.94. The summed E-state index contributed by atoms with van der Waals surface area (Å²) in [5.41, 5.74) is 7.27. The van der Waals surface area contributed by atoms with Crippen LogP contribution >= 0.6 is 22.7 Å². The first-order valence-corrected chi connectivity index (χ1v) is 8.03. The van der Waals surface area contributed by atoms with Crippen molar-refractivity contribution in [1.82, 2.24) is 0 Å². The van der Waals surface area contributed by atoms with Crippen LogP contribution in [0.1, 0.15) is 16.6 Å². The second kappa shape index (κ2) is 5.26. The third kappa shape index (κ3) is 2.30. The van der Waals surface area contributed by atoms with Crippen LogP contribution in [0.15, 0.2) is 41.8 Å². The lowest BCUT2D eigenvalue weighted by molar-refractivity contribution is 0.0992. The van der Waals surface area contributed by atoms with E-state index in [0.717, 1.165) is 10.6 Å². The first-order chi connectivity index (χ1) is 9.69. The van der Waals surface area contributed by atoms with Crippen LogP contribution in [-0.2, 0) is 0 Å². The number of nitrogens with zero attached hydrogens (tertiary/aromatic N) is 1. The van der Waals surface area contributed by atoms with E-state index in [1.807, 2.05) is 42.6 Å². The number of hydrogen-bond donors (Lipinski definition) is 1. The van der Waals surface area contributed by atoms with E-state index in [-0.39, 0.29) is 5.91 Å². The Morgan fingerprint density at radius 3 is 2.60 bits per heavy atom. The number of amides is 1. The summed E-state index contributed by atoms with van der Waals surface area (Å²) in [5, 5.41) is 2.05. The molecule has 0 saturated carbocycles. The minimum absolute atomic E-state index is 0.0469. The van der Waals surface area contributed by atoms with Crippen molar-refractivity contribution < 1.29 is 4.79 Å². The summed E-state index contributed by atoms with van der Waals surface area (Å²) in [4.78, 5) is 15.2. The largest absolute Gasteiger partial charge is 0.399 e. The average Bonchev–Trinajstić information content (AvgIpc) is 3.02. The molecule has 2 N–H and O–H groups in total. The number of benzene rings is 1. The summed E-state index contributed by atoms with van der Waals surface area (Å²) < 4.78 is 2.35. The van der Waals surface area contributed by atoms with Gasteiger partial charge in [-0.25, -0.2) is 0 Å². The molecule has 2 heterocycles. The molecule has 0 bridgehead atoms. The normalized spacial score (nSPS) is 10.8. The number of fused-ring (bicyclic) bond motifs is 1. The molecule has 0 aliphatic carbocycles. The van der Waals surface area contributed by atoms with E-state index in [2.05, 4.69) is 6.07 Å². The van der Waals surface area contributed by atoms with Crippen LogP contribution in [0, 0.1) is 0 Å². The Kier molecular flexibility index (Phi) is 3.46. The maximum Gasteiger partial charge on any atom is 0.268 e. The summed E-state index contributed by atoms with van der Waals surface area (Å²) in [6, 6.07) is 11.4. The average molecular weight is 302 g/mol. The Bertz CT molecular complexity index is 714. The number of carbonyl (C=O) groups is 1. The van der Waals surface area contributed by atoms with Crippen molar-refractivity contribution >= 4 is 49.4 Å². The lowest BCUT2D eigenvalue weighted by Crippen LogP contribution is -2.29. The van der Waals surface area contributed by atoms with E-state index >= 15 is 0 Å². The third-order valence-corrected chi connectivity index (χ3v) is 5.20. The molecule has 3 nitrogen and oxygen atoms in total. The molecule has 102 valence electrons. The molecule has 3 rings (SSSR count). The Labute approximate surface area is 125 Å². The SMILES string of the molecule is CCN(C(=O)c1cc2sccc2s1)c1ccc(N)cc1. The summed E-state index contributed by atoms with van der Waals surface area (Å²) in [6.45, 7) is 2.61. The van der Waals surface area contributed by atoms with Crippen molar-refractivity contribution in [2.24, 2.45) is 0 Å². The third-order valence-electron chi connectivity index (χ3n) is 3.12. The molecular weight excluding hydrogens is 288 g/mol. The van der Waals surface area contributed by atoms with Gasteiger partial charge >= 0.3 is 0 Å². The highest BCUT2D eigenvalue weighted by molar-refractivity contribution is 7.27. The van der Waals surface area contributed by atoms with E-state index in [0.29, 0.717) is 12.2 Å². The second-order valence-electron chi connectivity index (χ2n) is 4.40. The van der Waals surface area contributed by atoms with E-state index in [9.17, 15) is 4.79 Å². The second-order valence-corrected chi connectivity index (χ2v) is 6.43. The number of anilines is 2. The van der Waals surface area contributed by atoms with Crippen molar-refractivity contribution in [3.05, 3.63) is 46.7 Å². The first-order valence-electron chi connectivity index (χ1n) is 6.33. The van der Waals surface area contributed by atoms with Gasteiger partial charge in [-0.1, -0.05) is 0 Å². The standard InChI is InChI=1S/C15H14N2OS2/c1-2-17(11-5-3-10(16)4-6-11)15(18)14-9-13-12(20-14)7-8-19-13/h3-9H,2,16H2,1H3. The zero-order valence-corrected chi connectivity index (χ0v) is 12.6. The summed E-state index contributed by atoms with van der Waals surface area (Å²) >= 11 is 3.21. The van der Waals surface area contributed by atoms with Crippen molar-refractivity contribution in [2.75, 3.05) is 17.2 Å². The van der Waals surface area contributed by atoms with E-state index < -0.39 is 0 Å². The molecule has 0 spiro atoms. The molecule has 0 aliphatic rings. The molecule has 1 aromatic carbocycles. The van der Waals surface area contributed by atoms with Crippen LogP contribution < -0.4 is 10.6 Å². The molecule has 0 unspecified atom stereocenters. The fourth-order valence-corrected chi connectivity index (χ4v) is 4.16. The Hall–Kier alpha value is -1.85. The van der Waals surface area contributed by atoms with Crippen LogP contribution in [0.2, 0.25) is 0 Å². The summed E-state index contributed by atoms with van der Waals surface area (Å²) in [7, 11) is 0. The molecule has 0 saturated heterocycles. The maximum atomic E-state index is 12.6. The van der Waals surface area contributed by atoms with Crippen molar-refractivity contribution in [3.8, 4) is 0 Å². The highest BCUT2D eigenvalue weighted by atomic mass is 32.1. The minimum atomic E-state index is 0.0469. The number of carbonyl (C=O) groups excluding carboxylic acids is 1. The summed E-state index contributed by atoms with van der Waals surface area (Å²) in [6.07, 6.45) is 0. The van der Waals surface area contributed by atoms with Crippen LogP contribution in [0.4, 0.5) is 11.4 Å². The number of thiophene rings is 2. The zero-order chi connectivity index (χ0) is 14.1. The molecule has 0 atom stereocenters. The van der Waals surface area contributed by atoms with E-state index in [1.54, 1.807) is 27.6 Å². The number of hydrogen-bond acceptors (Lipinski definition) is 4. The zero-order valence-electron chi connectivity index (χ0n) is 11.0. The molecule has 3 aromatic rings. The molecule has 0 radical (unpaired) electrons. The predicted octanol–water partition coefficient (Wildman–Crippen LogP) is 4.21. The smallest absolute Gasteiger partial charge is 0.268 e. The molecule has 1 amide bonds. The monoisotopic (exact) mass is 302 g/mol. The molecule has 0 fully saturated rings. The van der Waals surface area contributed by atoms with Gasteiger partial charge in [0, 0.05) is 27.3 Å². The van der Waals surface area contributed by atoms with E-state index in [4.69, 9.17) is 5.73 Å². The van der Waals surface area contributed by atoms with Crippen LogP contribution in [0.25, 0.3) is 9.40 Å². The van der Waals surface area contributed by atoms with Gasteiger partial charge in [-0.15, -0.1) is 22.7 Å². The van der Waals surface area contributed by atoms with Crippen molar-refractivity contribution in [1.29, 1.82) is 0 Å². The van der Waals surface area contributed by atoms with Gasteiger partial charge in [0.25, 0.3) is 5.91 Å². The number of rotatable bonds is 3. The molecule has 0 aliphatic heterocycles. The van der Waals surface area contributed by atoms with Gasteiger partial charge in [-0.2, -0.15) is 0 Å². The quantitative estimate of drug-likeness (QED) is 0.737. The van der Waals surface area contributed by atoms with Gasteiger partial charge in [0.1, 0.15) is 0 Å². The van der Waals surface area contributed by atoms with Crippen LogP contribution in [-0.4, -0.2) is 12.5 Å². The Morgan fingerprint density at radius 1 is 1.20 bits per heavy atom. The van der Waals surface area contributed by atoms with Crippen LogP contribution in [0.5, 0.6) is 0 Å². The maximum absolute atomic E-state index is 12.6. The Morgan fingerprint density at radius 2 is 1.95 bits per heavy atom. The summed E-state index contributed by atoms with van der Waals surface area (Å²) in [5.74, 6) is 0.0469. The van der Waals surface area contributed by atoms with Gasteiger partial charge in [0.15, 0.2) is 0 Å². The van der Waals surface area contributed by atoms with E-state index in [1.165, 1.54) is 9.40 Å². The van der Waals surface area contributed by atoms with Crippen molar-refractivity contribution in [3.63, 3.8) is 0 Å². The molecule has 5 heteroatoms. The number of nitrogens with two attached hydrogens (primary N) is 1. The van der Waals surface area contributed by atoms with Gasteiger partial charge in [-0.05, 0) is 48.7 Å². The molecule has 20 heavy (non-hydrogen) atoms. The van der Waals surface area contributed by atoms with Gasteiger partial charge in [0.2, 0.25) is 0 Å².